The number of hydrogen-bond acceptors (Lipinski definition) is 2. The van der Waals surface area contributed by atoms with Crippen molar-refractivity contribution in [3.8, 4) is 0 Å². The molecule has 0 unspecified atom stereocenters. The van der Waals surface area contributed by atoms with E-state index in [0.717, 1.165) is 0 Å². The fourth-order valence-electron chi connectivity index (χ4n) is 2.78. The number of rotatable bonds is 1. The third-order valence-corrected chi connectivity index (χ3v) is 3.37. The van der Waals surface area contributed by atoms with Crippen LogP contribution in [0.15, 0.2) is 12.2 Å². The molecule has 0 spiro atoms. The van der Waals surface area contributed by atoms with E-state index in [-0.39, 0.29) is 0 Å². The topological polar surface area (TPSA) is 32.8 Å². The Bertz CT molecular complexity index is 212. The van der Waals surface area contributed by atoms with Crippen LogP contribution in [0.1, 0.15) is 6.42 Å². The van der Waals surface area contributed by atoms with E-state index in [4.69, 9.17) is 9.84 Å². The van der Waals surface area contributed by atoms with Crippen molar-refractivity contribution in [1.29, 1.82) is 0 Å². The summed E-state index contributed by atoms with van der Waals surface area (Å²) in [7, 11) is 0. The molecule has 2 heteroatoms. The SMILES string of the molecule is OC[C@@H]1[C@H]2C=CC[C@H]2[C@@H]2O[C@H]12. The molecule has 1 saturated heterocycles. The lowest BCUT2D eigenvalue weighted by Crippen LogP contribution is -2.20. The minimum atomic E-state index is 0.298. The molecule has 0 aromatic carbocycles. The first-order valence-corrected chi connectivity index (χ1v) is 4.35. The molecule has 0 amide bonds. The summed E-state index contributed by atoms with van der Waals surface area (Å²) >= 11 is 0. The van der Waals surface area contributed by atoms with Crippen LogP contribution in [0.2, 0.25) is 0 Å². The summed E-state index contributed by atoms with van der Waals surface area (Å²) in [4.78, 5) is 0. The van der Waals surface area contributed by atoms with Gasteiger partial charge < -0.3 is 9.84 Å². The fraction of sp³-hybridized carbons (Fsp3) is 0.778. The van der Waals surface area contributed by atoms with Gasteiger partial charge in [0.2, 0.25) is 0 Å². The molecule has 1 aliphatic heterocycles. The molecule has 0 bridgehead atoms. The van der Waals surface area contributed by atoms with Crippen LogP contribution < -0.4 is 0 Å². The zero-order valence-corrected chi connectivity index (χ0v) is 6.31. The Balaban J connectivity index is 1.89. The molecule has 0 aromatic rings. The summed E-state index contributed by atoms with van der Waals surface area (Å²) in [6.07, 6.45) is 6.56. The van der Waals surface area contributed by atoms with Crippen molar-refractivity contribution in [2.45, 2.75) is 18.6 Å². The molecule has 2 fully saturated rings. The maximum Gasteiger partial charge on any atom is 0.0900 e. The van der Waals surface area contributed by atoms with Crippen molar-refractivity contribution in [3.05, 3.63) is 12.2 Å². The average molecular weight is 152 g/mol. The Kier molecular flexibility index (Phi) is 1.06. The normalized spacial score (nSPS) is 57.7. The Morgan fingerprint density at radius 3 is 3.18 bits per heavy atom. The van der Waals surface area contributed by atoms with Crippen LogP contribution in [0.5, 0.6) is 0 Å². The van der Waals surface area contributed by atoms with Gasteiger partial charge in [0.05, 0.1) is 12.2 Å². The van der Waals surface area contributed by atoms with E-state index in [1.807, 2.05) is 0 Å². The summed E-state index contributed by atoms with van der Waals surface area (Å²) in [5, 5.41) is 9.10. The lowest BCUT2D eigenvalue weighted by atomic mass is 9.92. The number of epoxide rings is 1. The van der Waals surface area contributed by atoms with Gasteiger partial charge in [0.1, 0.15) is 0 Å². The maximum absolute atomic E-state index is 9.10. The van der Waals surface area contributed by atoms with Crippen LogP contribution in [0.25, 0.3) is 0 Å². The zero-order chi connectivity index (χ0) is 7.42. The van der Waals surface area contributed by atoms with Crippen LogP contribution in [-0.4, -0.2) is 23.9 Å². The van der Waals surface area contributed by atoms with Gasteiger partial charge in [0.25, 0.3) is 0 Å². The third kappa shape index (κ3) is 0.644. The van der Waals surface area contributed by atoms with Crippen LogP contribution in [0, 0.1) is 17.8 Å². The molecular formula is C9H12O2. The van der Waals surface area contributed by atoms with Gasteiger partial charge in [0, 0.05) is 12.5 Å². The van der Waals surface area contributed by atoms with Crippen molar-refractivity contribution in [3.63, 3.8) is 0 Å². The fourth-order valence-corrected chi connectivity index (χ4v) is 2.78. The van der Waals surface area contributed by atoms with E-state index in [0.29, 0.717) is 36.6 Å². The predicted octanol–water partition coefficient (Wildman–Crippen LogP) is 0.568. The minimum absolute atomic E-state index is 0.298. The van der Waals surface area contributed by atoms with E-state index < -0.39 is 0 Å². The molecule has 2 aliphatic carbocycles. The van der Waals surface area contributed by atoms with Crippen LogP contribution in [0.3, 0.4) is 0 Å². The highest BCUT2D eigenvalue weighted by molar-refractivity contribution is 5.18. The van der Waals surface area contributed by atoms with Crippen molar-refractivity contribution in [2.24, 2.45) is 17.8 Å². The molecule has 11 heavy (non-hydrogen) atoms. The summed E-state index contributed by atoms with van der Waals surface area (Å²) in [5.41, 5.74) is 0. The van der Waals surface area contributed by atoms with E-state index in [1.165, 1.54) is 6.42 Å². The smallest absolute Gasteiger partial charge is 0.0900 e. The zero-order valence-electron chi connectivity index (χ0n) is 6.31. The second-order valence-electron chi connectivity index (χ2n) is 3.82. The second-order valence-corrected chi connectivity index (χ2v) is 3.82. The number of aliphatic hydroxyl groups is 1. The molecule has 3 aliphatic rings. The van der Waals surface area contributed by atoms with Crippen LogP contribution in [0.4, 0.5) is 0 Å². The van der Waals surface area contributed by atoms with Crippen molar-refractivity contribution >= 4 is 0 Å². The molecule has 1 saturated carbocycles. The first kappa shape index (κ1) is 6.21. The largest absolute Gasteiger partial charge is 0.396 e. The van der Waals surface area contributed by atoms with Gasteiger partial charge in [-0.05, 0) is 18.3 Å². The molecular weight excluding hydrogens is 140 g/mol. The predicted molar refractivity (Wildman–Crippen MR) is 40.0 cm³/mol. The minimum Gasteiger partial charge on any atom is -0.396 e. The van der Waals surface area contributed by atoms with Crippen molar-refractivity contribution in [2.75, 3.05) is 6.61 Å². The number of hydrogen-bond donors (Lipinski definition) is 1. The molecule has 60 valence electrons. The van der Waals surface area contributed by atoms with E-state index >= 15 is 0 Å². The van der Waals surface area contributed by atoms with Crippen molar-refractivity contribution in [1.82, 2.24) is 0 Å². The number of aliphatic hydroxyl groups excluding tert-OH is 1. The summed E-state index contributed by atoms with van der Waals surface area (Å²) < 4.78 is 5.47. The van der Waals surface area contributed by atoms with Gasteiger partial charge >= 0.3 is 0 Å². The van der Waals surface area contributed by atoms with Gasteiger partial charge in [-0.1, -0.05) is 12.2 Å². The van der Waals surface area contributed by atoms with Gasteiger partial charge in [-0.25, -0.2) is 0 Å². The van der Waals surface area contributed by atoms with E-state index in [1.54, 1.807) is 0 Å². The highest BCUT2D eigenvalue weighted by Crippen LogP contribution is 2.54. The summed E-state index contributed by atoms with van der Waals surface area (Å²) in [6, 6.07) is 0. The van der Waals surface area contributed by atoms with E-state index in [9.17, 15) is 0 Å². The summed E-state index contributed by atoms with van der Waals surface area (Å²) in [6.45, 7) is 0.298. The average Bonchev–Trinajstić information content (AvgIpc) is 2.56. The quantitative estimate of drug-likeness (QED) is 0.440. The molecule has 5 atom stereocenters. The van der Waals surface area contributed by atoms with Gasteiger partial charge in [-0.3, -0.25) is 0 Å². The Hall–Kier alpha value is -0.340. The molecule has 2 nitrogen and oxygen atoms in total. The lowest BCUT2D eigenvalue weighted by molar-refractivity contribution is 0.123. The monoisotopic (exact) mass is 152 g/mol. The summed E-state index contributed by atoms with van der Waals surface area (Å²) in [5.74, 6) is 1.74. The third-order valence-electron chi connectivity index (χ3n) is 3.37. The number of ether oxygens (including phenoxy) is 1. The van der Waals surface area contributed by atoms with Gasteiger partial charge in [-0.2, -0.15) is 0 Å². The standard InChI is InChI=1S/C9H12O2/c10-4-7-5-2-1-3-6(5)8-9(7)11-8/h1-2,5-10H,3-4H2/t5-,6+,7+,8-,9+/m0/s1. The first-order valence-electron chi connectivity index (χ1n) is 4.35. The number of allylic oxidation sites excluding steroid dienone is 2. The molecule has 3 rings (SSSR count). The van der Waals surface area contributed by atoms with E-state index in [2.05, 4.69) is 12.2 Å². The Labute approximate surface area is 65.9 Å². The molecule has 1 N–H and O–H groups in total. The maximum atomic E-state index is 9.10. The second kappa shape index (κ2) is 1.87. The first-order chi connectivity index (χ1) is 5.42. The molecule has 0 radical (unpaired) electrons. The van der Waals surface area contributed by atoms with Gasteiger partial charge in [-0.15, -0.1) is 0 Å². The van der Waals surface area contributed by atoms with Crippen LogP contribution in [-0.2, 0) is 4.74 Å². The van der Waals surface area contributed by atoms with Crippen molar-refractivity contribution < 1.29 is 9.84 Å². The van der Waals surface area contributed by atoms with Gasteiger partial charge in [0.15, 0.2) is 0 Å². The molecule has 1 heterocycles. The molecule has 0 aromatic heterocycles. The highest BCUT2D eigenvalue weighted by Gasteiger charge is 2.61. The Morgan fingerprint density at radius 1 is 1.45 bits per heavy atom. The lowest BCUT2D eigenvalue weighted by Gasteiger charge is -2.18. The van der Waals surface area contributed by atoms with Crippen LogP contribution >= 0.6 is 0 Å². The highest BCUT2D eigenvalue weighted by atomic mass is 16.6. The number of fused-ring (bicyclic) bond motifs is 3. The Morgan fingerprint density at radius 2 is 2.36 bits per heavy atom.